The number of rotatable bonds is 12. The molecule has 0 spiro atoms. The van der Waals surface area contributed by atoms with E-state index in [4.69, 9.17) is 19.8 Å². The summed E-state index contributed by atoms with van der Waals surface area (Å²) in [6, 6.07) is -0.988. The second-order valence-corrected chi connectivity index (χ2v) is 15.3. The zero-order valence-corrected chi connectivity index (χ0v) is 25.2. The number of ether oxygens (including phenoxy) is 1. The molecule has 246 valence electrons. The molecule has 0 bridgehead atoms. The predicted octanol–water partition coefficient (Wildman–Crippen LogP) is 2.93. The number of carbonyl (C=O) groups is 2. The molecule has 4 saturated carbocycles. The van der Waals surface area contributed by atoms with Crippen molar-refractivity contribution < 1.29 is 57.8 Å². The van der Waals surface area contributed by atoms with Gasteiger partial charge in [-0.05, 0) is 88.9 Å². The molecule has 4 aliphatic rings. The maximum atomic E-state index is 13.4. The SMILES string of the molecule is O=C(O)C1CC([N+](=O)[O-])CCC1C(=O)OC1CCC(S(=O)(=O)C2CCC(OOCC3CCC(O)CC3COO)CC2)CC1. The number of aliphatic hydroxyl groups excluding tert-OH is 1. The lowest BCUT2D eigenvalue weighted by Gasteiger charge is -2.35. The largest absolute Gasteiger partial charge is 0.481 e. The quantitative estimate of drug-likeness (QED) is 0.122. The highest BCUT2D eigenvalue weighted by atomic mass is 32.2. The molecule has 0 aromatic heterocycles. The van der Waals surface area contributed by atoms with Crippen LogP contribution in [0.3, 0.4) is 0 Å². The Morgan fingerprint density at radius 1 is 0.791 bits per heavy atom. The highest BCUT2D eigenvalue weighted by molar-refractivity contribution is 7.92. The highest BCUT2D eigenvalue weighted by Gasteiger charge is 2.45. The van der Waals surface area contributed by atoms with Crippen molar-refractivity contribution in [3.05, 3.63) is 10.1 Å². The van der Waals surface area contributed by atoms with Gasteiger partial charge in [-0.3, -0.25) is 25.0 Å². The van der Waals surface area contributed by atoms with E-state index in [1.54, 1.807) is 0 Å². The van der Waals surface area contributed by atoms with Crippen molar-refractivity contribution in [3.63, 3.8) is 0 Å². The second-order valence-electron chi connectivity index (χ2n) is 12.8. The van der Waals surface area contributed by atoms with Gasteiger partial charge in [-0.25, -0.2) is 23.1 Å². The van der Waals surface area contributed by atoms with E-state index in [1.807, 2.05) is 0 Å². The average Bonchev–Trinajstić information content (AvgIpc) is 2.98. The Bertz CT molecular complexity index is 1050. The molecule has 0 radical (unpaired) electrons. The molecule has 0 aliphatic heterocycles. The van der Waals surface area contributed by atoms with Gasteiger partial charge in [-0.1, -0.05) is 0 Å². The van der Waals surface area contributed by atoms with Crippen LogP contribution in [-0.2, 0) is 38.8 Å². The summed E-state index contributed by atoms with van der Waals surface area (Å²) in [4.78, 5) is 50.5. The Balaban J connectivity index is 1.17. The van der Waals surface area contributed by atoms with Crippen LogP contribution in [0, 0.1) is 33.8 Å². The summed E-state index contributed by atoms with van der Waals surface area (Å²) in [5, 5.41) is 38.3. The minimum atomic E-state index is -3.41. The van der Waals surface area contributed by atoms with Gasteiger partial charge in [-0.2, -0.15) is 0 Å². The third kappa shape index (κ3) is 8.85. The maximum Gasteiger partial charge on any atom is 0.310 e. The molecule has 0 saturated heterocycles. The van der Waals surface area contributed by atoms with E-state index >= 15 is 0 Å². The molecule has 4 fully saturated rings. The first-order chi connectivity index (χ1) is 20.5. The van der Waals surface area contributed by atoms with Crippen molar-refractivity contribution >= 4 is 21.8 Å². The minimum absolute atomic E-state index is 0.0331. The van der Waals surface area contributed by atoms with E-state index in [0.29, 0.717) is 70.8 Å². The van der Waals surface area contributed by atoms with Crippen molar-refractivity contribution in [1.82, 2.24) is 0 Å². The van der Waals surface area contributed by atoms with Gasteiger partial charge in [0.2, 0.25) is 6.04 Å². The van der Waals surface area contributed by atoms with Gasteiger partial charge in [-0.15, -0.1) is 0 Å². The zero-order valence-electron chi connectivity index (χ0n) is 24.4. The molecule has 3 N–H and O–H groups in total. The number of esters is 1. The molecular weight excluding hydrogens is 590 g/mol. The fourth-order valence-electron chi connectivity index (χ4n) is 7.40. The molecule has 4 rings (SSSR count). The molecular formula is C28H45NO13S. The Kier molecular flexibility index (Phi) is 12.2. The Hall–Kier alpha value is -1.91. The van der Waals surface area contributed by atoms with Gasteiger partial charge in [0, 0.05) is 17.8 Å². The summed E-state index contributed by atoms with van der Waals surface area (Å²) in [6.07, 6.45) is 4.23. The lowest BCUT2D eigenvalue weighted by molar-refractivity contribution is -0.528. The second kappa shape index (κ2) is 15.4. The average molecular weight is 636 g/mol. The number of sulfone groups is 1. The van der Waals surface area contributed by atoms with Crippen LogP contribution >= 0.6 is 0 Å². The molecule has 14 nitrogen and oxygen atoms in total. The number of nitro groups is 1. The molecule has 4 aliphatic carbocycles. The molecule has 0 heterocycles. The third-order valence-corrected chi connectivity index (χ3v) is 12.9. The van der Waals surface area contributed by atoms with Crippen LogP contribution < -0.4 is 0 Å². The predicted molar refractivity (Wildman–Crippen MR) is 149 cm³/mol. The molecule has 15 heteroatoms. The van der Waals surface area contributed by atoms with E-state index in [9.17, 15) is 38.3 Å². The number of aliphatic hydroxyl groups is 1. The van der Waals surface area contributed by atoms with E-state index in [0.717, 1.165) is 6.42 Å². The van der Waals surface area contributed by atoms with Crippen molar-refractivity contribution in [2.24, 2.45) is 23.7 Å². The molecule has 0 aromatic rings. The number of carbonyl (C=O) groups excluding carboxylic acids is 1. The number of nitrogens with zero attached hydrogens (tertiary/aromatic N) is 1. The van der Waals surface area contributed by atoms with E-state index in [-0.39, 0.29) is 43.8 Å². The summed E-state index contributed by atoms with van der Waals surface area (Å²) in [6.45, 7) is 0.431. The van der Waals surface area contributed by atoms with Crippen LogP contribution in [-0.4, -0.2) is 88.8 Å². The lowest BCUT2D eigenvalue weighted by Crippen LogP contribution is -2.43. The van der Waals surface area contributed by atoms with Crippen molar-refractivity contribution in [1.29, 1.82) is 0 Å². The fourth-order valence-corrected chi connectivity index (χ4v) is 9.80. The standard InChI is InChI=1S/C28H45NO13S/c30-20-3-1-17(18(13-20)15-39-36)16-40-42-22-6-10-24(11-7-22)43(37,38)23-8-4-21(5-9-23)41-28(33)25-12-2-19(29(34)35)14-26(25)27(31)32/h17-26,30,36H,1-16H2,(H,31,32). The number of carboxylic acid groups (broad SMARTS) is 1. The first kappa shape index (κ1) is 34.0. The summed E-state index contributed by atoms with van der Waals surface area (Å²) in [5.74, 6) is -3.97. The third-order valence-electron chi connectivity index (χ3n) is 10.1. The van der Waals surface area contributed by atoms with Crippen molar-refractivity contribution in [2.75, 3.05) is 13.2 Å². The van der Waals surface area contributed by atoms with Crippen LogP contribution in [0.4, 0.5) is 0 Å². The molecule has 6 unspecified atom stereocenters. The van der Waals surface area contributed by atoms with Gasteiger partial charge in [0.15, 0.2) is 9.84 Å². The van der Waals surface area contributed by atoms with E-state index in [2.05, 4.69) is 4.89 Å². The molecule has 0 aromatic carbocycles. The van der Waals surface area contributed by atoms with Crippen LogP contribution in [0.1, 0.15) is 89.9 Å². The lowest BCUT2D eigenvalue weighted by atomic mass is 9.77. The fraction of sp³-hybridized carbons (Fsp3) is 0.929. The first-order valence-corrected chi connectivity index (χ1v) is 17.1. The van der Waals surface area contributed by atoms with Gasteiger partial charge in [0.1, 0.15) is 6.10 Å². The number of aliphatic carboxylic acids is 1. The van der Waals surface area contributed by atoms with Gasteiger partial charge in [0.05, 0.1) is 47.8 Å². The summed E-state index contributed by atoms with van der Waals surface area (Å²) in [5.41, 5.74) is 0. The summed E-state index contributed by atoms with van der Waals surface area (Å²) >= 11 is 0. The van der Waals surface area contributed by atoms with Crippen LogP contribution in [0.5, 0.6) is 0 Å². The summed E-state index contributed by atoms with van der Waals surface area (Å²) in [7, 11) is -3.41. The summed E-state index contributed by atoms with van der Waals surface area (Å²) < 4.78 is 32.4. The van der Waals surface area contributed by atoms with Crippen LogP contribution in [0.15, 0.2) is 0 Å². The van der Waals surface area contributed by atoms with Crippen LogP contribution in [0.2, 0.25) is 0 Å². The van der Waals surface area contributed by atoms with Gasteiger partial charge in [0.25, 0.3) is 0 Å². The van der Waals surface area contributed by atoms with Crippen molar-refractivity contribution in [3.8, 4) is 0 Å². The minimum Gasteiger partial charge on any atom is -0.481 e. The topological polar surface area (TPSA) is 209 Å². The first-order valence-electron chi connectivity index (χ1n) is 15.5. The van der Waals surface area contributed by atoms with E-state index < -0.39 is 67.3 Å². The Labute approximate surface area is 251 Å². The Morgan fingerprint density at radius 2 is 1.42 bits per heavy atom. The number of hydrogen-bond acceptors (Lipinski definition) is 12. The van der Waals surface area contributed by atoms with Gasteiger partial charge < -0.3 is 14.9 Å². The smallest absolute Gasteiger partial charge is 0.310 e. The van der Waals surface area contributed by atoms with Gasteiger partial charge >= 0.3 is 11.9 Å². The molecule has 43 heavy (non-hydrogen) atoms. The highest BCUT2D eigenvalue weighted by Crippen LogP contribution is 2.37. The van der Waals surface area contributed by atoms with Crippen molar-refractivity contribution in [2.45, 2.75) is 125 Å². The molecule has 0 amide bonds. The number of hydrogen-bond donors (Lipinski definition) is 3. The van der Waals surface area contributed by atoms with Crippen LogP contribution in [0.25, 0.3) is 0 Å². The monoisotopic (exact) mass is 635 g/mol. The zero-order chi connectivity index (χ0) is 31.1. The molecule has 6 atom stereocenters. The van der Waals surface area contributed by atoms with E-state index in [1.165, 1.54) is 0 Å². The number of carboxylic acids is 1. The Morgan fingerprint density at radius 3 is 2.00 bits per heavy atom. The normalized spacial score (nSPS) is 37.3. The maximum absolute atomic E-state index is 13.4.